The van der Waals surface area contributed by atoms with Crippen LogP contribution in [0, 0.1) is 6.92 Å². The van der Waals surface area contributed by atoms with Gasteiger partial charge in [0.05, 0.1) is 23.4 Å². The number of alkyl halides is 3. The summed E-state index contributed by atoms with van der Waals surface area (Å²) in [4.78, 5) is 15.6. The van der Waals surface area contributed by atoms with E-state index in [1.165, 1.54) is 12.1 Å². The first kappa shape index (κ1) is 22.4. The molecule has 170 valence electrons. The van der Waals surface area contributed by atoms with E-state index in [0.717, 1.165) is 34.3 Å². The zero-order valence-corrected chi connectivity index (χ0v) is 17.8. The molecule has 0 saturated heterocycles. The summed E-state index contributed by atoms with van der Waals surface area (Å²) in [6, 6.07) is 16.0. The summed E-state index contributed by atoms with van der Waals surface area (Å²) in [5.41, 5.74) is 3.07. The largest absolute Gasteiger partial charge is 0.493 e. The van der Waals surface area contributed by atoms with Gasteiger partial charge in [-0.15, -0.1) is 0 Å². The molecule has 4 rings (SSSR count). The number of aryl methyl sites for hydroxylation is 1. The van der Waals surface area contributed by atoms with E-state index in [-0.39, 0.29) is 6.54 Å². The molecule has 0 aliphatic carbocycles. The van der Waals surface area contributed by atoms with Crippen molar-refractivity contribution in [3.63, 3.8) is 0 Å². The molecule has 1 N–H and O–H groups in total. The van der Waals surface area contributed by atoms with Crippen LogP contribution in [0.5, 0.6) is 5.75 Å². The van der Waals surface area contributed by atoms with Crippen molar-refractivity contribution < 1.29 is 27.8 Å². The molecule has 2 aromatic heterocycles. The highest BCUT2D eigenvalue weighted by Gasteiger charge is 2.30. The van der Waals surface area contributed by atoms with E-state index < -0.39 is 17.7 Å². The number of aliphatic carboxylic acids is 1. The van der Waals surface area contributed by atoms with Crippen molar-refractivity contribution in [2.45, 2.75) is 26.1 Å². The van der Waals surface area contributed by atoms with E-state index in [0.29, 0.717) is 30.0 Å². The predicted molar refractivity (Wildman–Crippen MR) is 118 cm³/mol. The second-order valence-corrected chi connectivity index (χ2v) is 7.67. The van der Waals surface area contributed by atoms with Gasteiger partial charge in [0, 0.05) is 29.9 Å². The maximum absolute atomic E-state index is 12.8. The molecule has 0 radical (unpaired) electrons. The highest BCUT2D eigenvalue weighted by Crippen LogP contribution is 2.31. The zero-order valence-electron chi connectivity index (χ0n) is 17.8. The lowest BCUT2D eigenvalue weighted by atomic mass is 10.1. The second kappa shape index (κ2) is 8.97. The van der Waals surface area contributed by atoms with E-state index in [9.17, 15) is 18.0 Å². The molecule has 2 heterocycles. The molecular formula is C25H21F3N2O3. The fraction of sp³-hybridized carbons (Fsp3) is 0.200. The van der Waals surface area contributed by atoms with Crippen molar-refractivity contribution in [1.29, 1.82) is 0 Å². The number of fused-ring (bicyclic) bond motifs is 1. The molecule has 0 saturated carbocycles. The number of carboxylic acids is 1. The van der Waals surface area contributed by atoms with Crippen LogP contribution in [0.4, 0.5) is 13.2 Å². The SMILES string of the molecule is Cc1nc(-c2ccc(C(F)(F)F)cc2)ccc1CCOc1ccc2ccn(CC(=O)O)c2c1. The average molecular weight is 454 g/mol. The number of hydrogen-bond donors (Lipinski definition) is 1. The van der Waals surface area contributed by atoms with Crippen LogP contribution >= 0.6 is 0 Å². The van der Waals surface area contributed by atoms with Gasteiger partial charge in [0.2, 0.25) is 0 Å². The lowest BCUT2D eigenvalue weighted by molar-refractivity contribution is -0.138. The third-order valence-electron chi connectivity index (χ3n) is 5.39. The van der Waals surface area contributed by atoms with Crippen LogP contribution in [-0.2, 0) is 23.9 Å². The Bertz CT molecular complexity index is 1290. The number of aromatic nitrogens is 2. The third kappa shape index (κ3) is 5.16. The Kier molecular flexibility index (Phi) is 6.09. The van der Waals surface area contributed by atoms with E-state index in [4.69, 9.17) is 9.84 Å². The number of halogens is 3. The number of ether oxygens (including phenoxy) is 1. The van der Waals surface area contributed by atoms with Crippen LogP contribution in [-0.4, -0.2) is 27.2 Å². The van der Waals surface area contributed by atoms with Crippen LogP contribution in [0.2, 0.25) is 0 Å². The van der Waals surface area contributed by atoms with Crippen LogP contribution in [0.25, 0.3) is 22.2 Å². The van der Waals surface area contributed by atoms with Crippen molar-refractivity contribution in [3.05, 3.63) is 83.7 Å². The first-order valence-corrected chi connectivity index (χ1v) is 10.3. The quantitative estimate of drug-likeness (QED) is 0.387. The number of carbonyl (C=O) groups is 1. The zero-order chi connectivity index (χ0) is 23.6. The van der Waals surface area contributed by atoms with E-state index in [1.54, 1.807) is 16.8 Å². The summed E-state index contributed by atoms with van der Waals surface area (Å²) in [5, 5.41) is 9.97. The Morgan fingerprint density at radius 1 is 1.06 bits per heavy atom. The minimum absolute atomic E-state index is 0.122. The Morgan fingerprint density at radius 2 is 1.82 bits per heavy atom. The van der Waals surface area contributed by atoms with Gasteiger partial charge in [0.25, 0.3) is 0 Å². The van der Waals surface area contributed by atoms with Crippen molar-refractivity contribution in [2.24, 2.45) is 0 Å². The molecule has 2 aromatic carbocycles. The fourth-order valence-corrected chi connectivity index (χ4v) is 3.66. The molecule has 0 aliphatic rings. The van der Waals surface area contributed by atoms with Gasteiger partial charge >= 0.3 is 12.1 Å². The summed E-state index contributed by atoms with van der Waals surface area (Å²) in [6.07, 6.45) is -2.04. The normalized spacial score (nSPS) is 11.6. The molecule has 5 nitrogen and oxygen atoms in total. The molecule has 4 aromatic rings. The highest BCUT2D eigenvalue weighted by molar-refractivity contribution is 5.83. The van der Waals surface area contributed by atoms with Crippen molar-refractivity contribution in [1.82, 2.24) is 9.55 Å². The minimum Gasteiger partial charge on any atom is -0.493 e. The van der Waals surface area contributed by atoms with Gasteiger partial charge in [-0.2, -0.15) is 13.2 Å². The highest BCUT2D eigenvalue weighted by atomic mass is 19.4. The summed E-state index contributed by atoms with van der Waals surface area (Å²) in [5.74, 6) is -0.277. The molecule has 0 spiro atoms. The third-order valence-corrected chi connectivity index (χ3v) is 5.39. The predicted octanol–water partition coefficient (Wildman–Crippen LogP) is 5.74. The van der Waals surface area contributed by atoms with Crippen molar-refractivity contribution in [3.8, 4) is 17.0 Å². The lowest BCUT2D eigenvalue weighted by Crippen LogP contribution is -2.07. The summed E-state index contributed by atoms with van der Waals surface area (Å²) < 4.78 is 45.8. The first-order chi connectivity index (χ1) is 15.7. The molecule has 0 fully saturated rings. The lowest BCUT2D eigenvalue weighted by Gasteiger charge is -2.11. The number of nitrogens with zero attached hydrogens (tertiary/aromatic N) is 2. The van der Waals surface area contributed by atoms with Gasteiger partial charge in [-0.1, -0.05) is 18.2 Å². The monoisotopic (exact) mass is 454 g/mol. The number of carboxylic acid groups (broad SMARTS) is 1. The maximum atomic E-state index is 12.8. The van der Waals surface area contributed by atoms with Crippen LogP contribution in [0.3, 0.4) is 0 Å². The van der Waals surface area contributed by atoms with Crippen LogP contribution < -0.4 is 4.74 Å². The fourth-order valence-electron chi connectivity index (χ4n) is 3.66. The number of rotatable bonds is 7. The summed E-state index contributed by atoms with van der Waals surface area (Å²) in [6.45, 7) is 2.13. The van der Waals surface area contributed by atoms with Crippen molar-refractivity contribution in [2.75, 3.05) is 6.61 Å². The maximum Gasteiger partial charge on any atom is 0.416 e. The average Bonchev–Trinajstić information content (AvgIpc) is 3.16. The van der Waals surface area contributed by atoms with E-state index in [2.05, 4.69) is 4.98 Å². The number of pyridine rings is 1. The van der Waals surface area contributed by atoms with Gasteiger partial charge in [0.15, 0.2) is 0 Å². The molecule has 0 unspecified atom stereocenters. The van der Waals surface area contributed by atoms with Crippen LogP contribution in [0.1, 0.15) is 16.8 Å². The van der Waals surface area contributed by atoms with Gasteiger partial charge in [0.1, 0.15) is 12.3 Å². The van der Waals surface area contributed by atoms with E-state index in [1.807, 2.05) is 37.3 Å². The summed E-state index contributed by atoms with van der Waals surface area (Å²) >= 11 is 0. The van der Waals surface area contributed by atoms with Crippen LogP contribution in [0.15, 0.2) is 66.9 Å². The standard InChI is InChI=1S/C25H21F3N2O3/c1-16-17(5-9-22(29-16)18-2-6-20(7-3-18)25(26,27)28)11-13-33-21-8-4-19-10-12-30(15-24(31)32)23(19)14-21/h2-10,12,14H,11,13,15H2,1H3,(H,31,32). The summed E-state index contributed by atoms with van der Waals surface area (Å²) in [7, 11) is 0. The Morgan fingerprint density at radius 3 is 2.48 bits per heavy atom. The smallest absolute Gasteiger partial charge is 0.416 e. The number of benzene rings is 2. The number of hydrogen-bond acceptors (Lipinski definition) is 3. The van der Waals surface area contributed by atoms with Gasteiger partial charge in [-0.25, -0.2) is 0 Å². The van der Waals surface area contributed by atoms with Gasteiger partial charge in [-0.05, 0) is 54.3 Å². The molecule has 0 amide bonds. The first-order valence-electron chi connectivity index (χ1n) is 10.3. The van der Waals surface area contributed by atoms with Gasteiger partial charge < -0.3 is 14.4 Å². The Balaban J connectivity index is 1.41. The molecule has 33 heavy (non-hydrogen) atoms. The molecule has 8 heteroatoms. The molecule has 0 bridgehead atoms. The molecular weight excluding hydrogens is 433 g/mol. The Hall–Kier alpha value is -3.81. The Labute approximate surface area is 188 Å². The second-order valence-electron chi connectivity index (χ2n) is 7.67. The molecule has 0 atom stereocenters. The topological polar surface area (TPSA) is 64.4 Å². The molecule has 0 aliphatic heterocycles. The minimum atomic E-state index is -4.37. The van der Waals surface area contributed by atoms with Gasteiger partial charge in [-0.3, -0.25) is 9.78 Å². The van der Waals surface area contributed by atoms with Crippen molar-refractivity contribution >= 4 is 16.9 Å². The van der Waals surface area contributed by atoms with E-state index >= 15 is 0 Å².